The minimum atomic E-state index is -0.104. The van der Waals surface area contributed by atoms with Crippen molar-refractivity contribution in [1.82, 2.24) is 9.97 Å². The quantitative estimate of drug-likeness (QED) is 0.162. The molecule has 2 atom stereocenters. The Balaban J connectivity index is 0.00000562. The largest absolute Gasteiger partial charge is 0.507 e. The van der Waals surface area contributed by atoms with Crippen molar-refractivity contribution in [2.45, 2.75) is 64.3 Å². The van der Waals surface area contributed by atoms with E-state index in [1.54, 1.807) is 12.1 Å². The molecule has 0 radical (unpaired) electrons. The predicted molar refractivity (Wildman–Crippen MR) is 272 cm³/mol. The summed E-state index contributed by atoms with van der Waals surface area (Å²) in [4.78, 5) is 16.7. The summed E-state index contributed by atoms with van der Waals surface area (Å²) in [5.41, 5.74) is 16.2. The van der Waals surface area contributed by atoms with E-state index in [2.05, 4.69) is 179 Å². The number of hydrogen-bond donors (Lipinski definition) is 1. The van der Waals surface area contributed by atoms with Crippen molar-refractivity contribution < 1.29 is 26.2 Å². The standard InChI is InChI=1S/C61H51N4O.Pt/c1-60(2,3)45-33-43(34-46(38-45)61(4,5)6)44-36-53(64-54(37-44)58-56(66)29-28-51(62-7)57(58)39-18-10-8-11-19-39)42-21-16-20-41(32-42)52-35-40(30-31-63-52)48-25-17-26-50-49-24-14-15-27-55(49)65(59(48)50)47-22-12-9-13-23-47;/h8-31,33-38,49,55,66H,1-6H3;/q-1;. The van der Waals surface area contributed by atoms with E-state index in [1.165, 1.54) is 22.4 Å². The molecule has 1 N–H and O–H groups in total. The van der Waals surface area contributed by atoms with Gasteiger partial charge in [-0.05, 0) is 80.1 Å². The van der Waals surface area contributed by atoms with Gasteiger partial charge in [0, 0.05) is 66.9 Å². The number of nitrogens with zero attached hydrogens (tertiary/aromatic N) is 4. The van der Waals surface area contributed by atoms with Gasteiger partial charge in [0.05, 0.1) is 24.0 Å². The van der Waals surface area contributed by atoms with Crippen LogP contribution in [0.25, 0.3) is 72.0 Å². The van der Waals surface area contributed by atoms with Gasteiger partial charge in [-0.15, -0.1) is 24.3 Å². The maximum Gasteiger partial charge on any atom is 0.195 e. The average molecular weight is 1050 g/mol. The fourth-order valence-electron chi connectivity index (χ4n) is 9.47. The van der Waals surface area contributed by atoms with E-state index >= 15 is 0 Å². The molecule has 2 aliphatic rings. The zero-order valence-electron chi connectivity index (χ0n) is 38.5. The van der Waals surface area contributed by atoms with Gasteiger partial charge in [0.1, 0.15) is 5.75 Å². The number of para-hydroxylation sites is 2. The number of allylic oxidation sites excluding steroid dienone is 2. The number of anilines is 2. The first-order chi connectivity index (χ1) is 31.9. The third-order valence-electron chi connectivity index (χ3n) is 12.9. The molecule has 67 heavy (non-hydrogen) atoms. The molecule has 0 spiro atoms. The fourth-order valence-corrected chi connectivity index (χ4v) is 9.47. The molecule has 6 aromatic carbocycles. The summed E-state index contributed by atoms with van der Waals surface area (Å²) in [6.07, 6.45) is 10.8. The van der Waals surface area contributed by atoms with Crippen molar-refractivity contribution in [1.29, 1.82) is 0 Å². The molecule has 0 amide bonds. The maximum atomic E-state index is 11.8. The summed E-state index contributed by atoms with van der Waals surface area (Å²) in [6, 6.07) is 55.8. The van der Waals surface area contributed by atoms with Gasteiger partial charge < -0.3 is 10.0 Å². The maximum absolute atomic E-state index is 11.8. The van der Waals surface area contributed by atoms with E-state index in [-0.39, 0.29) is 49.6 Å². The minimum Gasteiger partial charge on any atom is -0.507 e. The summed E-state index contributed by atoms with van der Waals surface area (Å²) in [5, 5.41) is 11.8. The summed E-state index contributed by atoms with van der Waals surface area (Å²) < 4.78 is 0. The molecule has 2 aromatic heterocycles. The number of aromatic nitrogens is 2. The second kappa shape index (κ2) is 17.9. The van der Waals surface area contributed by atoms with Gasteiger partial charge in [-0.25, -0.2) is 4.85 Å². The van der Waals surface area contributed by atoms with Crippen molar-refractivity contribution in [2.24, 2.45) is 0 Å². The van der Waals surface area contributed by atoms with Crippen molar-refractivity contribution in [2.75, 3.05) is 4.90 Å². The molecule has 0 fully saturated rings. The molecule has 0 saturated heterocycles. The number of rotatable bonds is 7. The van der Waals surface area contributed by atoms with E-state index < -0.39 is 0 Å². The van der Waals surface area contributed by atoms with Gasteiger partial charge in [0.25, 0.3) is 0 Å². The topological polar surface area (TPSA) is 53.6 Å². The zero-order chi connectivity index (χ0) is 45.7. The Morgan fingerprint density at radius 3 is 1.93 bits per heavy atom. The van der Waals surface area contributed by atoms with Crippen LogP contribution < -0.4 is 4.90 Å². The third-order valence-corrected chi connectivity index (χ3v) is 12.9. The van der Waals surface area contributed by atoms with Crippen LogP contribution in [0.2, 0.25) is 0 Å². The van der Waals surface area contributed by atoms with Crippen molar-refractivity contribution in [3.8, 4) is 72.9 Å². The van der Waals surface area contributed by atoms with Crippen LogP contribution in [0.15, 0.2) is 182 Å². The Hall–Kier alpha value is -7.12. The van der Waals surface area contributed by atoms with Crippen LogP contribution in [0.4, 0.5) is 17.1 Å². The van der Waals surface area contributed by atoms with E-state index in [4.69, 9.17) is 16.5 Å². The van der Waals surface area contributed by atoms with Crippen LogP contribution in [-0.2, 0) is 31.9 Å². The molecule has 8 aromatic rings. The third kappa shape index (κ3) is 8.59. The van der Waals surface area contributed by atoms with Gasteiger partial charge in [0.15, 0.2) is 5.69 Å². The number of fused-ring (bicyclic) bond motifs is 3. The molecule has 0 bridgehead atoms. The zero-order valence-corrected chi connectivity index (χ0v) is 40.8. The smallest absolute Gasteiger partial charge is 0.195 e. The van der Waals surface area contributed by atoms with Crippen molar-refractivity contribution in [3.63, 3.8) is 0 Å². The molecule has 3 heterocycles. The number of phenolic OH excluding ortho intramolecular Hbond substituents is 1. The second-order valence-electron chi connectivity index (χ2n) is 19.4. The summed E-state index contributed by atoms with van der Waals surface area (Å²) >= 11 is 0. The van der Waals surface area contributed by atoms with Gasteiger partial charge >= 0.3 is 0 Å². The Labute approximate surface area is 409 Å². The molecule has 332 valence electrons. The van der Waals surface area contributed by atoms with E-state index in [1.807, 2.05) is 48.7 Å². The summed E-state index contributed by atoms with van der Waals surface area (Å²) in [5.74, 6) is 0.300. The van der Waals surface area contributed by atoms with Gasteiger partial charge in [-0.1, -0.05) is 180 Å². The molecule has 1 aliphatic carbocycles. The van der Waals surface area contributed by atoms with Crippen molar-refractivity contribution >= 4 is 17.1 Å². The Morgan fingerprint density at radius 2 is 1.22 bits per heavy atom. The van der Waals surface area contributed by atoms with Gasteiger partial charge in [0.2, 0.25) is 0 Å². The first-order valence-corrected chi connectivity index (χ1v) is 22.7. The number of aromatic hydroxyl groups is 1. The minimum absolute atomic E-state index is 0. The van der Waals surface area contributed by atoms with Crippen LogP contribution in [0, 0.1) is 12.6 Å². The van der Waals surface area contributed by atoms with Crippen LogP contribution >= 0.6 is 0 Å². The van der Waals surface area contributed by atoms with Crippen LogP contribution in [0.1, 0.15) is 64.2 Å². The fraction of sp³-hybridized carbons (Fsp3) is 0.164. The van der Waals surface area contributed by atoms with E-state index in [0.29, 0.717) is 28.2 Å². The normalized spacial score (nSPS) is 15.1. The Kier molecular flexibility index (Phi) is 12.1. The number of benzene rings is 6. The van der Waals surface area contributed by atoms with E-state index in [0.717, 1.165) is 50.3 Å². The molecular formula is C61H51N4OPt-. The molecule has 6 heteroatoms. The average Bonchev–Trinajstić information content (AvgIpc) is 3.68. The second-order valence-corrected chi connectivity index (χ2v) is 19.4. The summed E-state index contributed by atoms with van der Waals surface area (Å²) in [7, 11) is 0. The number of hydrogen-bond acceptors (Lipinski definition) is 4. The molecule has 0 saturated carbocycles. The SMILES string of the molecule is [C-]#[N+]c1ccc(O)c(-c2cc(-c3cc(C(C)(C)C)cc(C(C)(C)C)c3)cc(-c3[c-]c(-c4cc(-c5cccc6c5N(c5ccccc5)C5C=CC=CC65)ccn4)ccc3)n2)c1-c1ccccc1.[Pt]. The molecule has 5 nitrogen and oxygen atoms in total. The van der Waals surface area contributed by atoms with Crippen molar-refractivity contribution in [3.05, 3.63) is 216 Å². The monoisotopic (exact) mass is 1050 g/mol. The van der Waals surface area contributed by atoms with Crippen LogP contribution in [0.3, 0.4) is 0 Å². The van der Waals surface area contributed by atoms with Gasteiger partial charge in [-0.3, -0.25) is 9.97 Å². The molecule has 10 rings (SSSR count). The Morgan fingerprint density at radius 1 is 0.597 bits per heavy atom. The van der Waals surface area contributed by atoms with E-state index in [9.17, 15) is 5.11 Å². The Bertz CT molecular complexity index is 3230. The first-order valence-electron chi connectivity index (χ1n) is 22.7. The number of phenols is 1. The molecule has 2 unspecified atom stereocenters. The predicted octanol–water partition coefficient (Wildman–Crippen LogP) is 15.9. The molecule has 1 aliphatic heterocycles. The number of pyridine rings is 2. The van der Waals surface area contributed by atoms with Crippen LogP contribution in [-0.4, -0.2) is 21.1 Å². The van der Waals surface area contributed by atoms with Crippen LogP contribution in [0.5, 0.6) is 5.75 Å². The summed E-state index contributed by atoms with van der Waals surface area (Å²) in [6.45, 7) is 21.7. The molecular weight excluding hydrogens is 1000 g/mol. The van der Waals surface area contributed by atoms with Gasteiger partial charge in [-0.2, -0.15) is 0 Å². The first kappa shape index (κ1) is 45.1.